The zero-order valence-corrected chi connectivity index (χ0v) is 20.3. The predicted octanol–water partition coefficient (Wildman–Crippen LogP) is 3.48. The SMILES string of the molecule is C[C@@H]1[C@@H]2[C@@H](O)[C@@H]([C@H](C)C(=O)NC3CCCCC3)CC[C@]2(C)CC[C@@H]1NC(=O)c1cnccn1. The van der Waals surface area contributed by atoms with Gasteiger partial charge in [0.15, 0.2) is 0 Å². The van der Waals surface area contributed by atoms with Crippen LogP contribution in [-0.4, -0.2) is 45.1 Å². The Hall–Kier alpha value is -2.02. The van der Waals surface area contributed by atoms with E-state index in [4.69, 9.17) is 0 Å². The van der Waals surface area contributed by atoms with Crippen molar-refractivity contribution in [3.63, 3.8) is 0 Å². The lowest BCUT2D eigenvalue weighted by Crippen LogP contribution is -2.58. The van der Waals surface area contributed by atoms with Crippen LogP contribution < -0.4 is 10.6 Å². The van der Waals surface area contributed by atoms with Gasteiger partial charge in [0.1, 0.15) is 5.69 Å². The number of hydrogen-bond donors (Lipinski definition) is 3. The van der Waals surface area contributed by atoms with Crippen LogP contribution in [0.1, 0.15) is 89.0 Å². The molecule has 1 aromatic rings. The topological polar surface area (TPSA) is 104 Å². The van der Waals surface area contributed by atoms with Gasteiger partial charge in [-0.05, 0) is 61.7 Å². The number of nitrogens with zero attached hydrogens (tertiary/aromatic N) is 2. The molecule has 182 valence electrons. The highest BCUT2D eigenvalue weighted by Crippen LogP contribution is 2.55. The quantitative estimate of drug-likeness (QED) is 0.629. The summed E-state index contributed by atoms with van der Waals surface area (Å²) in [5.74, 6) is -0.245. The third-order valence-electron chi connectivity index (χ3n) is 9.01. The number of amides is 2. The van der Waals surface area contributed by atoms with E-state index in [0.29, 0.717) is 5.69 Å². The van der Waals surface area contributed by atoms with E-state index in [2.05, 4.69) is 34.4 Å². The van der Waals surface area contributed by atoms with E-state index >= 15 is 0 Å². The van der Waals surface area contributed by atoms with Crippen LogP contribution in [0.15, 0.2) is 18.6 Å². The molecular formula is C26H40N4O3. The van der Waals surface area contributed by atoms with Gasteiger partial charge in [-0.25, -0.2) is 4.98 Å². The van der Waals surface area contributed by atoms with Gasteiger partial charge < -0.3 is 15.7 Å². The monoisotopic (exact) mass is 456 g/mol. The van der Waals surface area contributed by atoms with Crippen LogP contribution in [0.5, 0.6) is 0 Å². The van der Waals surface area contributed by atoms with E-state index in [1.807, 2.05) is 6.92 Å². The molecule has 33 heavy (non-hydrogen) atoms. The van der Waals surface area contributed by atoms with Crippen molar-refractivity contribution in [2.24, 2.45) is 29.1 Å². The Morgan fingerprint density at radius 2 is 1.82 bits per heavy atom. The average molecular weight is 457 g/mol. The molecule has 3 fully saturated rings. The Morgan fingerprint density at radius 1 is 1.09 bits per heavy atom. The van der Waals surface area contributed by atoms with E-state index in [1.54, 1.807) is 6.20 Å². The number of aromatic nitrogens is 2. The van der Waals surface area contributed by atoms with Crippen molar-refractivity contribution in [3.05, 3.63) is 24.3 Å². The summed E-state index contributed by atoms with van der Waals surface area (Å²) in [6.07, 6.45) is 13.5. The van der Waals surface area contributed by atoms with E-state index in [-0.39, 0.29) is 53.0 Å². The molecule has 0 saturated heterocycles. The van der Waals surface area contributed by atoms with Gasteiger partial charge in [0.05, 0.1) is 12.3 Å². The first-order valence-corrected chi connectivity index (χ1v) is 12.9. The van der Waals surface area contributed by atoms with E-state index in [9.17, 15) is 14.7 Å². The molecule has 2 amide bonds. The molecule has 0 unspecified atom stereocenters. The fourth-order valence-corrected chi connectivity index (χ4v) is 6.93. The van der Waals surface area contributed by atoms with Crippen LogP contribution in [0.3, 0.4) is 0 Å². The molecular weight excluding hydrogens is 416 g/mol. The van der Waals surface area contributed by atoms with Crippen LogP contribution in [0, 0.1) is 29.1 Å². The maximum Gasteiger partial charge on any atom is 0.271 e. The highest BCUT2D eigenvalue weighted by Gasteiger charge is 2.54. The first-order chi connectivity index (χ1) is 15.8. The van der Waals surface area contributed by atoms with Gasteiger partial charge in [0, 0.05) is 30.4 Å². The Morgan fingerprint density at radius 3 is 2.52 bits per heavy atom. The molecule has 4 rings (SSSR count). The summed E-state index contributed by atoms with van der Waals surface area (Å²) in [4.78, 5) is 33.9. The van der Waals surface area contributed by atoms with Gasteiger partial charge in [-0.2, -0.15) is 0 Å². The van der Waals surface area contributed by atoms with E-state index in [1.165, 1.54) is 31.7 Å². The second-order valence-corrected chi connectivity index (χ2v) is 11.1. The van der Waals surface area contributed by atoms with Gasteiger partial charge in [0.25, 0.3) is 5.91 Å². The number of rotatable bonds is 5. The van der Waals surface area contributed by atoms with Gasteiger partial charge in [-0.1, -0.05) is 40.0 Å². The summed E-state index contributed by atoms with van der Waals surface area (Å²) in [6.45, 7) is 6.40. The first kappa shape index (κ1) is 24.1. The molecule has 7 atom stereocenters. The van der Waals surface area contributed by atoms with Gasteiger partial charge in [-0.15, -0.1) is 0 Å². The minimum absolute atomic E-state index is 0.0302. The third kappa shape index (κ3) is 5.08. The number of carbonyl (C=O) groups excluding carboxylic acids is 2. The summed E-state index contributed by atoms with van der Waals surface area (Å²) in [6, 6.07) is 0.256. The number of aliphatic hydroxyl groups excluding tert-OH is 1. The van der Waals surface area contributed by atoms with Crippen LogP contribution >= 0.6 is 0 Å². The van der Waals surface area contributed by atoms with Crippen molar-refractivity contribution in [1.82, 2.24) is 20.6 Å². The minimum atomic E-state index is -0.554. The molecule has 1 aromatic heterocycles. The molecule has 0 spiro atoms. The van der Waals surface area contributed by atoms with Gasteiger partial charge >= 0.3 is 0 Å². The maximum atomic E-state index is 13.1. The fraction of sp³-hybridized carbons (Fsp3) is 0.769. The van der Waals surface area contributed by atoms with Crippen LogP contribution in [0.4, 0.5) is 0 Å². The normalized spacial score (nSPS) is 35.8. The second-order valence-electron chi connectivity index (χ2n) is 11.1. The second kappa shape index (κ2) is 10.1. The lowest BCUT2D eigenvalue weighted by atomic mass is 9.51. The molecule has 0 radical (unpaired) electrons. The number of aliphatic hydroxyl groups is 1. The molecule has 0 bridgehead atoms. The number of carbonyl (C=O) groups is 2. The summed E-state index contributed by atoms with van der Waals surface area (Å²) >= 11 is 0. The summed E-state index contributed by atoms with van der Waals surface area (Å²) in [5.41, 5.74) is 0.344. The van der Waals surface area contributed by atoms with E-state index in [0.717, 1.165) is 38.5 Å². The lowest BCUT2D eigenvalue weighted by molar-refractivity contribution is -0.142. The fourth-order valence-electron chi connectivity index (χ4n) is 6.93. The number of nitrogens with one attached hydrogen (secondary N) is 2. The van der Waals surface area contributed by atoms with Crippen molar-refractivity contribution < 1.29 is 14.7 Å². The zero-order chi connectivity index (χ0) is 23.6. The number of fused-ring (bicyclic) bond motifs is 1. The summed E-state index contributed by atoms with van der Waals surface area (Å²) in [7, 11) is 0. The highest BCUT2D eigenvalue weighted by molar-refractivity contribution is 5.92. The standard InChI is InChI=1S/C26H40N4O3/c1-16(24(32)29-18-7-5-4-6-8-18)19-9-11-26(3)12-10-20(17(2)22(26)23(19)31)30-25(33)21-15-27-13-14-28-21/h13-20,22-23,31H,4-12H2,1-3H3,(H,29,32)(H,30,33)/t16-,17-,19+,20-,22+,23-,26+/m0/s1. The Balaban J connectivity index is 1.43. The molecule has 3 aliphatic rings. The molecule has 3 N–H and O–H groups in total. The molecule has 0 aliphatic heterocycles. The Labute approximate surface area is 197 Å². The van der Waals surface area contributed by atoms with Crippen molar-refractivity contribution in [3.8, 4) is 0 Å². The lowest BCUT2D eigenvalue weighted by Gasteiger charge is -2.56. The van der Waals surface area contributed by atoms with Crippen molar-refractivity contribution in [2.75, 3.05) is 0 Å². The summed E-state index contributed by atoms with van der Waals surface area (Å²) < 4.78 is 0. The molecule has 7 heteroatoms. The molecule has 1 heterocycles. The van der Waals surface area contributed by atoms with E-state index < -0.39 is 6.10 Å². The average Bonchev–Trinajstić information content (AvgIpc) is 2.82. The van der Waals surface area contributed by atoms with Crippen LogP contribution in [0.2, 0.25) is 0 Å². The number of hydrogen-bond acceptors (Lipinski definition) is 5. The zero-order valence-electron chi connectivity index (χ0n) is 20.3. The Bertz CT molecular complexity index is 828. The molecule has 7 nitrogen and oxygen atoms in total. The highest BCUT2D eigenvalue weighted by atomic mass is 16.3. The minimum Gasteiger partial charge on any atom is -0.392 e. The van der Waals surface area contributed by atoms with Crippen molar-refractivity contribution in [2.45, 2.75) is 96.7 Å². The van der Waals surface area contributed by atoms with Gasteiger partial charge in [0.2, 0.25) is 5.91 Å². The van der Waals surface area contributed by atoms with Crippen molar-refractivity contribution in [1.29, 1.82) is 0 Å². The first-order valence-electron chi connectivity index (χ1n) is 12.9. The third-order valence-corrected chi connectivity index (χ3v) is 9.01. The molecule has 0 aromatic carbocycles. The van der Waals surface area contributed by atoms with Gasteiger partial charge in [-0.3, -0.25) is 14.6 Å². The Kier molecular flexibility index (Phi) is 7.37. The molecule has 3 aliphatic carbocycles. The largest absolute Gasteiger partial charge is 0.392 e. The molecule has 3 saturated carbocycles. The van der Waals surface area contributed by atoms with Crippen molar-refractivity contribution >= 4 is 11.8 Å². The predicted molar refractivity (Wildman–Crippen MR) is 126 cm³/mol. The maximum absolute atomic E-state index is 13.1. The summed E-state index contributed by atoms with van der Waals surface area (Å²) in [5, 5.41) is 18.0. The van der Waals surface area contributed by atoms with Crippen LogP contribution in [0.25, 0.3) is 0 Å². The van der Waals surface area contributed by atoms with Crippen LogP contribution in [-0.2, 0) is 4.79 Å². The smallest absolute Gasteiger partial charge is 0.271 e.